The molecular weight excluding hydrogens is 484 g/mol. The fourth-order valence-electron chi connectivity index (χ4n) is 3.65. The predicted molar refractivity (Wildman–Crippen MR) is 127 cm³/mol. The highest BCUT2D eigenvalue weighted by atomic mass is 16.6. The van der Waals surface area contributed by atoms with Crippen LogP contribution in [0.15, 0.2) is 65.4 Å². The molecule has 190 valence electrons. The van der Waals surface area contributed by atoms with E-state index in [4.69, 9.17) is 5.11 Å². The van der Waals surface area contributed by atoms with E-state index in [9.17, 15) is 24.3 Å². The van der Waals surface area contributed by atoms with Gasteiger partial charge in [0.15, 0.2) is 0 Å². The average molecular weight is 507 g/mol. The molecular formula is C24H23N6O7+. The number of carbonyl (C=O) groups excluding carboxylic acids is 3. The maximum absolute atomic E-state index is 12.6. The van der Waals surface area contributed by atoms with E-state index in [-0.39, 0.29) is 17.9 Å². The zero-order valence-electron chi connectivity index (χ0n) is 19.3. The first-order chi connectivity index (χ1) is 17.8. The van der Waals surface area contributed by atoms with Gasteiger partial charge in [-0.2, -0.15) is 0 Å². The number of para-hydroxylation sites is 1. The quantitative estimate of drug-likeness (QED) is 0.159. The molecule has 13 nitrogen and oxygen atoms in total. The lowest BCUT2D eigenvalue weighted by Gasteiger charge is -2.18. The Morgan fingerprint density at radius 3 is 2.49 bits per heavy atom. The summed E-state index contributed by atoms with van der Waals surface area (Å²) in [5, 5.41) is 29.9. The maximum atomic E-state index is 12.6. The number of rotatable bonds is 10. The Morgan fingerprint density at radius 1 is 1.03 bits per heavy atom. The van der Waals surface area contributed by atoms with Crippen LogP contribution in [0.4, 0.5) is 0 Å². The number of nitrogens with one attached hydrogen (secondary N) is 4. The summed E-state index contributed by atoms with van der Waals surface area (Å²) < 4.78 is 5.85. The lowest BCUT2D eigenvalue weighted by atomic mass is 10.0. The summed E-state index contributed by atoms with van der Waals surface area (Å²) in [7, 11) is 0. The molecule has 0 radical (unpaired) electrons. The number of hydrogen-bond donors (Lipinski definition) is 6. The number of carboxylic acids is 1. The van der Waals surface area contributed by atoms with Crippen molar-refractivity contribution in [1.82, 2.24) is 26.2 Å². The lowest BCUT2D eigenvalue weighted by Crippen LogP contribution is -2.51. The van der Waals surface area contributed by atoms with E-state index >= 15 is 0 Å². The summed E-state index contributed by atoms with van der Waals surface area (Å²) in [6.07, 6.45) is 3.07. The van der Waals surface area contributed by atoms with Gasteiger partial charge in [0.25, 0.3) is 12.1 Å². The number of hydrogen-bond acceptors (Lipinski definition) is 7. The first-order valence-electron chi connectivity index (χ1n) is 11.1. The first-order valence-corrected chi connectivity index (χ1v) is 11.1. The fraction of sp³-hybridized carbons (Fsp3) is 0.167. The number of carbonyl (C=O) groups is 4. The van der Waals surface area contributed by atoms with Gasteiger partial charge in [-0.25, -0.2) is 0 Å². The molecule has 0 aliphatic rings. The van der Waals surface area contributed by atoms with Crippen molar-refractivity contribution in [3.63, 3.8) is 0 Å². The smallest absolute Gasteiger partial charge is 0.381 e. The van der Waals surface area contributed by atoms with Gasteiger partial charge in [0.1, 0.15) is 12.6 Å². The summed E-state index contributed by atoms with van der Waals surface area (Å²) in [4.78, 5) is 51.7. The Morgan fingerprint density at radius 2 is 1.78 bits per heavy atom. The third-order valence-electron chi connectivity index (χ3n) is 5.42. The van der Waals surface area contributed by atoms with Crippen LogP contribution in [0.1, 0.15) is 15.9 Å². The third-order valence-corrected chi connectivity index (χ3v) is 5.42. The molecule has 1 unspecified atom stereocenters. The third kappa shape index (κ3) is 6.28. The van der Waals surface area contributed by atoms with Crippen LogP contribution >= 0.6 is 0 Å². The van der Waals surface area contributed by atoms with Gasteiger partial charge in [0.2, 0.25) is 22.8 Å². The van der Waals surface area contributed by atoms with Crippen LogP contribution in [-0.2, 0) is 20.8 Å². The number of fused-ring (bicyclic) bond motifs is 1. The highest BCUT2D eigenvalue weighted by Gasteiger charge is 2.23. The van der Waals surface area contributed by atoms with E-state index in [1.807, 2.05) is 24.3 Å². The van der Waals surface area contributed by atoms with Crippen LogP contribution in [-0.4, -0.2) is 63.3 Å². The molecule has 13 heteroatoms. The molecule has 37 heavy (non-hydrogen) atoms. The molecule has 6 N–H and O–H groups in total. The minimum Gasteiger partial charge on any atom is -0.480 e. The number of carboxylic acid groups (broad SMARTS) is 1. The SMILES string of the molecule is O=C(O)CNC(=O)C(Cc1c[nH]c2ccccc12)NC(=O)CNC(=O)c1ccc(-[n+]2cc(O)on2)cc1. The minimum absolute atomic E-state index is 0.103. The Kier molecular flexibility index (Phi) is 7.42. The Hall–Kier alpha value is -5.20. The van der Waals surface area contributed by atoms with Crippen molar-refractivity contribution in [2.45, 2.75) is 12.5 Å². The monoisotopic (exact) mass is 507 g/mol. The number of aromatic hydroxyl groups is 1. The van der Waals surface area contributed by atoms with Crippen LogP contribution < -0.4 is 20.6 Å². The van der Waals surface area contributed by atoms with Gasteiger partial charge < -0.3 is 31.1 Å². The second-order valence-electron chi connectivity index (χ2n) is 8.01. The van der Waals surface area contributed by atoms with Crippen LogP contribution in [0.2, 0.25) is 0 Å². The Labute approximate surface area is 209 Å². The summed E-state index contributed by atoms with van der Waals surface area (Å²) in [5.74, 6) is -3.42. The van der Waals surface area contributed by atoms with Crippen molar-refractivity contribution in [2.24, 2.45) is 0 Å². The van der Waals surface area contributed by atoms with Gasteiger partial charge in [-0.1, -0.05) is 18.2 Å². The van der Waals surface area contributed by atoms with Crippen molar-refractivity contribution in [2.75, 3.05) is 13.1 Å². The summed E-state index contributed by atoms with van der Waals surface area (Å²) >= 11 is 0. The highest BCUT2D eigenvalue weighted by Crippen LogP contribution is 2.19. The second kappa shape index (κ2) is 11.0. The van der Waals surface area contributed by atoms with Crippen LogP contribution in [0.3, 0.4) is 0 Å². The minimum atomic E-state index is -1.22. The van der Waals surface area contributed by atoms with Crippen molar-refractivity contribution in [3.05, 3.63) is 72.1 Å². The molecule has 0 bridgehead atoms. The molecule has 2 heterocycles. The molecule has 2 aromatic carbocycles. The van der Waals surface area contributed by atoms with Crippen molar-refractivity contribution in [1.29, 1.82) is 0 Å². The summed E-state index contributed by atoms with van der Waals surface area (Å²) in [6, 6.07) is 12.5. The molecule has 1 atom stereocenters. The Balaban J connectivity index is 1.38. The predicted octanol–water partition coefficient (Wildman–Crippen LogP) is -0.204. The van der Waals surface area contributed by atoms with Crippen molar-refractivity contribution in [3.8, 4) is 11.6 Å². The standard InChI is InChI=1S/C24H22N6O7/c31-20(11-26-23(35)14-5-7-16(8-6-14)30-13-22(34)37-29-30)28-19(24(36)27-12-21(32)33)9-15-10-25-18-4-2-1-3-17(15)18/h1-8,10,13,19,25H,9,11-12H2,(H4-,26,27,28,29,31,32,33,34,35,36)/p+1. The molecule has 0 aliphatic carbocycles. The van der Waals surface area contributed by atoms with E-state index in [0.29, 0.717) is 5.69 Å². The number of aliphatic carboxylic acids is 1. The van der Waals surface area contributed by atoms with E-state index < -0.39 is 42.8 Å². The Bertz CT molecular complexity index is 1440. The molecule has 0 saturated heterocycles. The average Bonchev–Trinajstić information content (AvgIpc) is 3.51. The van der Waals surface area contributed by atoms with Gasteiger partial charge >= 0.3 is 11.9 Å². The number of aromatic amines is 1. The van der Waals surface area contributed by atoms with E-state index in [1.165, 1.54) is 23.0 Å². The molecule has 0 spiro atoms. The fourth-order valence-corrected chi connectivity index (χ4v) is 3.65. The number of aromatic nitrogens is 3. The van der Waals surface area contributed by atoms with Gasteiger partial charge in [-0.05, 0) is 28.4 Å². The van der Waals surface area contributed by atoms with E-state index in [1.54, 1.807) is 18.3 Å². The van der Waals surface area contributed by atoms with Crippen LogP contribution in [0.5, 0.6) is 5.95 Å². The first kappa shape index (κ1) is 24.9. The molecule has 0 fully saturated rings. The number of amides is 3. The number of nitrogens with zero attached hydrogens (tertiary/aromatic N) is 2. The van der Waals surface area contributed by atoms with Crippen LogP contribution in [0.25, 0.3) is 16.6 Å². The van der Waals surface area contributed by atoms with Crippen LogP contribution in [0, 0.1) is 0 Å². The van der Waals surface area contributed by atoms with Gasteiger partial charge in [-0.15, -0.1) is 0 Å². The van der Waals surface area contributed by atoms with Gasteiger partial charge in [0.05, 0.1) is 6.54 Å². The second-order valence-corrected chi connectivity index (χ2v) is 8.01. The zero-order chi connectivity index (χ0) is 26.4. The lowest BCUT2D eigenvalue weighted by molar-refractivity contribution is -0.670. The van der Waals surface area contributed by atoms with Gasteiger partial charge in [0, 0.05) is 41.2 Å². The molecule has 3 amide bonds. The van der Waals surface area contributed by atoms with E-state index in [2.05, 4.69) is 30.7 Å². The highest BCUT2D eigenvalue weighted by molar-refractivity contribution is 5.97. The normalized spacial score (nSPS) is 11.6. The van der Waals surface area contributed by atoms with Crippen molar-refractivity contribution >= 4 is 34.6 Å². The summed E-state index contributed by atoms with van der Waals surface area (Å²) in [5.41, 5.74) is 2.41. The summed E-state index contributed by atoms with van der Waals surface area (Å²) in [6.45, 7) is -1.01. The molecule has 2 aromatic heterocycles. The molecule has 4 aromatic rings. The number of benzene rings is 2. The van der Waals surface area contributed by atoms with E-state index in [0.717, 1.165) is 16.5 Å². The molecule has 0 saturated carbocycles. The van der Waals surface area contributed by atoms with Gasteiger partial charge in [-0.3, -0.25) is 23.7 Å². The maximum Gasteiger partial charge on any atom is 0.381 e. The van der Waals surface area contributed by atoms with Crippen molar-refractivity contribution < 1.29 is 38.6 Å². The molecule has 0 aliphatic heterocycles. The largest absolute Gasteiger partial charge is 0.480 e. The topological polar surface area (TPSA) is 191 Å². The molecule has 4 rings (SSSR count). The zero-order valence-corrected chi connectivity index (χ0v) is 19.3. The number of H-pyrrole nitrogens is 1.